The van der Waals surface area contributed by atoms with E-state index in [2.05, 4.69) is 15.9 Å². The number of halogens is 1. The van der Waals surface area contributed by atoms with Crippen LogP contribution in [0.25, 0.3) is 6.08 Å². The van der Waals surface area contributed by atoms with Gasteiger partial charge in [-0.2, -0.15) is 5.26 Å². The normalized spacial score (nSPS) is 10.8. The third-order valence-corrected chi connectivity index (χ3v) is 3.51. The van der Waals surface area contributed by atoms with E-state index in [0.29, 0.717) is 11.3 Å². The van der Waals surface area contributed by atoms with Gasteiger partial charge in [-0.25, -0.2) is 0 Å². The molecule has 4 heteroatoms. The summed E-state index contributed by atoms with van der Waals surface area (Å²) in [6.45, 7) is 0. The van der Waals surface area contributed by atoms with E-state index in [1.54, 1.807) is 55.7 Å². The van der Waals surface area contributed by atoms with Crippen molar-refractivity contribution in [3.63, 3.8) is 0 Å². The van der Waals surface area contributed by atoms with Crippen LogP contribution in [-0.2, 0) is 0 Å². The summed E-state index contributed by atoms with van der Waals surface area (Å²) in [4.78, 5) is 12.3. The van der Waals surface area contributed by atoms with Crippen molar-refractivity contribution in [2.45, 2.75) is 0 Å². The van der Waals surface area contributed by atoms with E-state index < -0.39 is 0 Å². The number of ketones is 1. The molecule has 0 atom stereocenters. The van der Waals surface area contributed by atoms with Crippen LogP contribution < -0.4 is 4.74 Å². The van der Waals surface area contributed by atoms with E-state index in [0.717, 1.165) is 10.0 Å². The highest BCUT2D eigenvalue weighted by atomic mass is 79.9. The van der Waals surface area contributed by atoms with Crippen LogP contribution in [0.2, 0.25) is 0 Å². The molecule has 0 amide bonds. The number of allylic oxidation sites excluding steroid dienone is 1. The van der Waals surface area contributed by atoms with Gasteiger partial charge in [0.25, 0.3) is 0 Å². The standard InChI is InChI=1S/C17H12BrNO2/c1-21-16-8-7-12(10-15(16)18)9-14(11-19)17(20)13-5-3-2-4-6-13/h2-10H,1H3. The Morgan fingerprint density at radius 3 is 2.52 bits per heavy atom. The van der Waals surface area contributed by atoms with E-state index in [4.69, 9.17) is 4.74 Å². The summed E-state index contributed by atoms with van der Waals surface area (Å²) in [7, 11) is 1.58. The molecule has 21 heavy (non-hydrogen) atoms. The third kappa shape index (κ3) is 3.59. The molecule has 2 aromatic rings. The quantitative estimate of drug-likeness (QED) is 0.474. The maximum absolute atomic E-state index is 12.3. The first-order valence-corrected chi connectivity index (χ1v) is 7.00. The Morgan fingerprint density at radius 1 is 1.24 bits per heavy atom. The maximum Gasteiger partial charge on any atom is 0.203 e. The Hall–Kier alpha value is -2.38. The molecule has 0 bridgehead atoms. The molecule has 0 aromatic heterocycles. The van der Waals surface area contributed by atoms with Crippen LogP contribution in [0.3, 0.4) is 0 Å². The molecule has 0 aliphatic heterocycles. The summed E-state index contributed by atoms with van der Waals surface area (Å²) in [5.74, 6) is 0.407. The van der Waals surface area contributed by atoms with Crippen molar-refractivity contribution in [2.75, 3.05) is 7.11 Å². The molecular weight excluding hydrogens is 330 g/mol. The van der Waals surface area contributed by atoms with Crippen LogP contribution in [0, 0.1) is 11.3 Å². The van der Waals surface area contributed by atoms with Gasteiger partial charge in [0.15, 0.2) is 0 Å². The van der Waals surface area contributed by atoms with Gasteiger partial charge >= 0.3 is 0 Å². The largest absolute Gasteiger partial charge is 0.496 e. The molecule has 0 heterocycles. The predicted octanol–water partition coefficient (Wildman–Crippen LogP) is 4.25. The van der Waals surface area contributed by atoms with Gasteiger partial charge < -0.3 is 4.74 Å². The fourth-order valence-electron chi connectivity index (χ4n) is 1.83. The lowest BCUT2D eigenvalue weighted by Crippen LogP contribution is -2.01. The molecule has 0 saturated carbocycles. The fraction of sp³-hybridized carbons (Fsp3) is 0.0588. The summed E-state index contributed by atoms with van der Waals surface area (Å²) in [6, 6.07) is 16.1. The topological polar surface area (TPSA) is 50.1 Å². The van der Waals surface area contributed by atoms with Crippen LogP contribution >= 0.6 is 15.9 Å². The molecule has 0 fully saturated rings. The summed E-state index contributed by atoms with van der Waals surface area (Å²) < 4.78 is 5.92. The number of benzene rings is 2. The second-order valence-electron chi connectivity index (χ2n) is 4.26. The summed E-state index contributed by atoms with van der Waals surface area (Å²) in [5, 5.41) is 9.21. The van der Waals surface area contributed by atoms with Gasteiger partial charge in [-0.05, 0) is 39.7 Å². The average Bonchev–Trinajstić information content (AvgIpc) is 2.53. The molecule has 0 radical (unpaired) electrons. The zero-order chi connectivity index (χ0) is 15.2. The van der Waals surface area contributed by atoms with E-state index in [9.17, 15) is 10.1 Å². The van der Waals surface area contributed by atoms with E-state index in [1.165, 1.54) is 0 Å². The Kier molecular flexibility index (Phi) is 4.91. The molecule has 2 aromatic carbocycles. The van der Waals surface area contributed by atoms with Crippen molar-refractivity contribution < 1.29 is 9.53 Å². The molecule has 2 rings (SSSR count). The monoisotopic (exact) mass is 341 g/mol. The van der Waals surface area contributed by atoms with Crippen molar-refractivity contribution in [3.05, 3.63) is 69.7 Å². The van der Waals surface area contributed by atoms with Crippen molar-refractivity contribution >= 4 is 27.8 Å². The number of carbonyl (C=O) groups excluding carboxylic acids is 1. The average molecular weight is 342 g/mol. The van der Waals surface area contributed by atoms with Crippen LogP contribution in [0.15, 0.2) is 58.6 Å². The second-order valence-corrected chi connectivity index (χ2v) is 5.11. The first-order valence-electron chi connectivity index (χ1n) is 6.21. The van der Waals surface area contributed by atoms with Gasteiger partial charge in [0.2, 0.25) is 5.78 Å². The smallest absolute Gasteiger partial charge is 0.203 e. The second kappa shape index (κ2) is 6.87. The van der Waals surface area contributed by atoms with Crippen LogP contribution in [0.5, 0.6) is 5.75 Å². The van der Waals surface area contributed by atoms with Gasteiger partial charge in [-0.15, -0.1) is 0 Å². The predicted molar refractivity (Wildman–Crippen MR) is 85.1 cm³/mol. The first kappa shape index (κ1) is 15.0. The SMILES string of the molecule is COc1ccc(C=C(C#N)C(=O)c2ccccc2)cc1Br. The number of Topliss-reactive ketones (excluding diaryl/α,β-unsaturated/α-hetero) is 1. The van der Waals surface area contributed by atoms with Gasteiger partial charge in [-0.3, -0.25) is 4.79 Å². The molecule has 104 valence electrons. The van der Waals surface area contributed by atoms with E-state index in [1.807, 2.05) is 12.1 Å². The van der Waals surface area contributed by atoms with Crippen LogP contribution in [0.1, 0.15) is 15.9 Å². The number of nitrogens with zero attached hydrogens (tertiary/aromatic N) is 1. The molecule has 0 aliphatic carbocycles. The third-order valence-electron chi connectivity index (χ3n) is 2.89. The number of ether oxygens (including phenoxy) is 1. The van der Waals surface area contributed by atoms with Gasteiger partial charge in [0.1, 0.15) is 17.4 Å². The summed E-state index contributed by atoms with van der Waals surface area (Å²) in [5.41, 5.74) is 1.35. The van der Waals surface area contributed by atoms with Gasteiger partial charge in [-0.1, -0.05) is 36.4 Å². The molecule has 0 unspecified atom stereocenters. The Morgan fingerprint density at radius 2 is 1.95 bits per heavy atom. The number of hydrogen-bond acceptors (Lipinski definition) is 3. The molecule has 0 aliphatic rings. The maximum atomic E-state index is 12.3. The highest BCUT2D eigenvalue weighted by Crippen LogP contribution is 2.26. The highest BCUT2D eigenvalue weighted by Gasteiger charge is 2.11. The Balaban J connectivity index is 2.36. The number of rotatable bonds is 4. The zero-order valence-corrected chi connectivity index (χ0v) is 12.9. The lowest BCUT2D eigenvalue weighted by Gasteiger charge is -2.04. The van der Waals surface area contributed by atoms with Crippen molar-refractivity contribution in [3.8, 4) is 11.8 Å². The minimum absolute atomic E-state index is 0.0956. The molecule has 3 nitrogen and oxygen atoms in total. The number of nitriles is 1. The Bertz CT molecular complexity index is 730. The van der Waals surface area contributed by atoms with Crippen molar-refractivity contribution in [2.24, 2.45) is 0 Å². The minimum Gasteiger partial charge on any atom is -0.496 e. The lowest BCUT2D eigenvalue weighted by molar-refractivity contribution is 0.104. The van der Waals surface area contributed by atoms with Gasteiger partial charge in [0, 0.05) is 5.56 Å². The highest BCUT2D eigenvalue weighted by molar-refractivity contribution is 9.10. The number of methoxy groups -OCH3 is 1. The Labute approximate surface area is 131 Å². The van der Waals surface area contributed by atoms with Gasteiger partial charge in [0.05, 0.1) is 11.6 Å². The zero-order valence-electron chi connectivity index (χ0n) is 11.3. The molecule has 0 N–H and O–H groups in total. The van der Waals surface area contributed by atoms with Crippen LogP contribution in [-0.4, -0.2) is 12.9 Å². The van der Waals surface area contributed by atoms with Crippen LogP contribution in [0.4, 0.5) is 0 Å². The fourth-order valence-corrected chi connectivity index (χ4v) is 2.39. The number of hydrogen-bond donors (Lipinski definition) is 0. The van der Waals surface area contributed by atoms with E-state index >= 15 is 0 Å². The summed E-state index contributed by atoms with van der Waals surface area (Å²) >= 11 is 3.38. The van der Waals surface area contributed by atoms with Crippen molar-refractivity contribution in [1.82, 2.24) is 0 Å². The number of carbonyl (C=O) groups is 1. The molecule has 0 spiro atoms. The molecule has 0 saturated heterocycles. The first-order chi connectivity index (χ1) is 10.2. The lowest BCUT2D eigenvalue weighted by atomic mass is 10.0. The minimum atomic E-state index is -0.287. The summed E-state index contributed by atoms with van der Waals surface area (Å²) in [6.07, 6.45) is 1.57. The van der Waals surface area contributed by atoms with Crippen molar-refractivity contribution in [1.29, 1.82) is 5.26 Å². The van der Waals surface area contributed by atoms with E-state index in [-0.39, 0.29) is 11.4 Å². The molecular formula is C17H12BrNO2.